The molecule has 5 heteroatoms. The van der Waals surface area contributed by atoms with Crippen LogP contribution in [-0.4, -0.2) is 39.1 Å². The summed E-state index contributed by atoms with van der Waals surface area (Å²) in [5, 5.41) is 3.26. The highest BCUT2D eigenvalue weighted by Crippen LogP contribution is 2.22. The topological polar surface area (TPSA) is 55.4 Å². The van der Waals surface area contributed by atoms with Gasteiger partial charge in [-0.1, -0.05) is 19.9 Å². The second kappa shape index (κ2) is 6.79. The van der Waals surface area contributed by atoms with Gasteiger partial charge in [-0.2, -0.15) is 0 Å². The van der Waals surface area contributed by atoms with E-state index in [4.69, 9.17) is 4.74 Å². The third-order valence-corrected chi connectivity index (χ3v) is 5.54. The van der Waals surface area contributed by atoms with Crippen molar-refractivity contribution in [1.29, 1.82) is 0 Å². The number of sulfone groups is 1. The molecule has 0 aliphatic carbocycles. The molecule has 1 aliphatic rings. The summed E-state index contributed by atoms with van der Waals surface area (Å²) in [6.07, 6.45) is 0.713. The molecule has 0 spiro atoms. The molecular formula is C16H25NO3S. The molecule has 1 N–H and O–H groups in total. The minimum absolute atomic E-state index is 0.0855. The summed E-state index contributed by atoms with van der Waals surface area (Å²) >= 11 is 0. The fourth-order valence-corrected chi connectivity index (χ4v) is 4.29. The predicted octanol–water partition coefficient (Wildman–Crippen LogP) is 2.27. The molecule has 1 saturated heterocycles. The maximum atomic E-state index is 11.4. The number of ether oxygens (including phenoxy) is 1. The van der Waals surface area contributed by atoms with E-state index in [2.05, 4.69) is 38.2 Å². The van der Waals surface area contributed by atoms with E-state index in [1.54, 1.807) is 0 Å². The van der Waals surface area contributed by atoms with Crippen LogP contribution >= 0.6 is 0 Å². The van der Waals surface area contributed by atoms with E-state index < -0.39 is 9.84 Å². The van der Waals surface area contributed by atoms with Crippen LogP contribution in [0.2, 0.25) is 0 Å². The van der Waals surface area contributed by atoms with Gasteiger partial charge in [0.25, 0.3) is 0 Å². The first-order valence-corrected chi connectivity index (χ1v) is 9.36. The lowest BCUT2D eigenvalue weighted by molar-refractivity contribution is 0.307. The second-order valence-electron chi connectivity index (χ2n) is 6.14. The predicted molar refractivity (Wildman–Crippen MR) is 85.8 cm³/mol. The Kier molecular flexibility index (Phi) is 5.27. The SMILES string of the molecule is Cc1cc(OCCNC2CCS(=O)(=O)C2)cc(C(C)C)c1. The molecule has 0 saturated carbocycles. The maximum Gasteiger partial charge on any atom is 0.151 e. The van der Waals surface area contributed by atoms with Crippen molar-refractivity contribution in [2.75, 3.05) is 24.7 Å². The highest BCUT2D eigenvalue weighted by Gasteiger charge is 2.27. The minimum atomic E-state index is -2.81. The first-order valence-electron chi connectivity index (χ1n) is 7.54. The van der Waals surface area contributed by atoms with Crippen LogP contribution in [0.5, 0.6) is 5.75 Å². The smallest absolute Gasteiger partial charge is 0.151 e. The van der Waals surface area contributed by atoms with Gasteiger partial charge < -0.3 is 10.1 Å². The van der Waals surface area contributed by atoms with Gasteiger partial charge in [-0.05, 0) is 42.5 Å². The average molecular weight is 311 g/mol. The van der Waals surface area contributed by atoms with E-state index >= 15 is 0 Å². The number of hydrogen-bond acceptors (Lipinski definition) is 4. The largest absolute Gasteiger partial charge is 0.492 e. The number of benzene rings is 1. The van der Waals surface area contributed by atoms with Gasteiger partial charge in [0, 0.05) is 12.6 Å². The van der Waals surface area contributed by atoms with Crippen molar-refractivity contribution >= 4 is 9.84 Å². The van der Waals surface area contributed by atoms with Gasteiger partial charge in [-0.15, -0.1) is 0 Å². The first-order chi connectivity index (χ1) is 9.85. The Balaban J connectivity index is 1.79. The van der Waals surface area contributed by atoms with Gasteiger partial charge in [0.2, 0.25) is 0 Å². The Bertz CT molecular complexity index is 581. The van der Waals surface area contributed by atoms with Crippen molar-refractivity contribution in [1.82, 2.24) is 5.32 Å². The zero-order valence-electron chi connectivity index (χ0n) is 13.1. The lowest BCUT2D eigenvalue weighted by atomic mass is 10.0. The Morgan fingerprint density at radius 3 is 2.71 bits per heavy atom. The van der Waals surface area contributed by atoms with Gasteiger partial charge in [-0.3, -0.25) is 0 Å². The van der Waals surface area contributed by atoms with Gasteiger partial charge in [0.15, 0.2) is 9.84 Å². The van der Waals surface area contributed by atoms with Crippen molar-refractivity contribution in [2.24, 2.45) is 0 Å². The van der Waals surface area contributed by atoms with Crippen LogP contribution in [-0.2, 0) is 9.84 Å². The summed E-state index contributed by atoms with van der Waals surface area (Å²) in [7, 11) is -2.81. The second-order valence-corrected chi connectivity index (χ2v) is 8.37. The van der Waals surface area contributed by atoms with Gasteiger partial charge in [0.1, 0.15) is 12.4 Å². The number of hydrogen-bond donors (Lipinski definition) is 1. The molecule has 1 unspecified atom stereocenters. The number of aryl methyl sites for hydroxylation is 1. The zero-order chi connectivity index (χ0) is 15.5. The minimum Gasteiger partial charge on any atom is -0.492 e. The van der Waals surface area contributed by atoms with Crippen LogP contribution in [0.3, 0.4) is 0 Å². The van der Waals surface area contributed by atoms with E-state index in [0.717, 1.165) is 5.75 Å². The van der Waals surface area contributed by atoms with Crippen molar-refractivity contribution in [2.45, 2.75) is 39.2 Å². The fourth-order valence-electron chi connectivity index (χ4n) is 2.58. The summed E-state index contributed by atoms with van der Waals surface area (Å²) in [5.41, 5.74) is 2.48. The van der Waals surface area contributed by atoms with Crippen molar-refractivity contribution in [3.8, 4) is 5.75 Å². The molecule has 118 valence electrons. The summed E-state index contributed by atoms with van der Waals surface area (Å²) in [6.45, 7) is 7.63. The third kappa shape index (κ3) is 5.00. The maximum absolute atomic E-state index is 11.4. The Morgan fingerprint density at radius 1 is 1.33 bits per heavy atom. The lowest BCUT2D eigenvalue weighted by Crippen LogP contribution is -2.33. The standard InChI is InChI=1S/C16H25NO3S/c1-12(2)14-8-13(3)9-16(10-14)20-6-5-17-15-4-7-21(18,19)11-15/h8-10,12,15,17H,4-7,11H2,1-3H3. The third-order valence-electron chi connectivity index (χ3n) is 3.78. The molecule has 0 bridgehead atoms. The molecule has 0 amide bonds. The lowest BCUT2D eigenvalue weighted by Gasteiger charge is -2.14. The van der Waals surface area contributed by atoms with Crippen molar-refractivity contribution in [3.05, 3.63) is 29.3 Å². The summed E-state index contributed by atoms with van der Waals surface area (Å²) < 4.78 is 28.5. The molecule has 1 heterocycles. The van der Waals surface area contributed by atoms with E-state index in [-0.39, 0.29) is 11.8 Å². The average Bonchev–Trinajstić information content (AvgIpc) is 2.73. The summed E-state index contributed by atoms with van der Waals surface area (Å²) in [4.78, 5) is 0. The normalized spacial score (nSPS) is 20.9. The van der Waals surface area contributed by atoms with E-state index in [9.17, 15) is 8.42 Å². The Labute approximate surface area is 127 Å². The van der Waals surface area contributed by atoms with Crippen LogP contribution < -0.4 is 10.1 Å². The van der Waals surface area contributed by atoms with Crippen LogP contribution in [0.4, 0.5) is 0 Å². The molecule has 1 aromatic carbocycles. The van der Waals surface area contributed by atoms with E-state index in [1.165, 1.54) is 11.1 Å². The van der Waals surface area contributed by atoms with Crippen LogP contribution in [0.15, 0.2) is 18.2 Å². The molecule has 1 atom stereocenters. The van der Waals surface area contributed by atoms with Crippen LogP contribution in [0.1, 0.15) is 37.3 Å². The highest BCUT2D eigenvalue weighted by molar-refractivity contribution is 7.91. The molecular weight excluding hydrogens is 286 g/mol. The van der Waals surface area contributed by atoms with E-state index in [0.29, 0.717) is 31.2 Å². The molecule has 1 aromatic rings. The monoisotopic (exact) mass is 311 g/mol. The van der Waals surface area contributed by atoms with Gasteiger partial charge in [0.05, 0.1) is 11.5 Å². The molecule has 4 nitrogen and oxygen atoms in total. The number of nitrogens with one attached hydrogen (secondary N) is 1. The summed E-state index contributed by atoms with van der Waals surface area (Å²) in [5.74, 6) is 1.93. The molecule has 2 rings (SSSR count). The van der Waals surface area contributed by atoms with Crippen LogP contribution in [0, 0.1) is 6.92 Å². The van der Waals surface area contributed by atoms with Crippen molar-refractivity contribution in [3.63, 3.8) is 0 Å². The van der Waals surface area contributed by atoms with Gasteiger partial charge in [-0.25, -0.2) is 8.42 Å². The Morgan fingerprint density at radius 2 is 2.10 bits per heavy atom. The quantitative estimate of drug-likeness (QED) is 0.819. The molecule has 1 aliphatic heterocycles. The Hall–Kier alpha value is -1.07. The highest BCUT2D eigenvalue weighted by atomic mass is 32.2. The van der Waals surface area contributed by atoms with E-state index in [1.807, 2.05) is 6.07 Å². The molecule has 0 aromatic heterocycles. The molecule has 1 fully saturated rings. The van der Waals surface area contributed by atoms with Gasteiger partial charge >= 0.3 is 0 Å². The summed E-state index contributed by atoms with van der Waals surface area (Å²) in [6, 6.07) is 6.38. The fraction of sp³-hybridized carbons (Fsp3) is 0.625. The zero-order valence-corrected chi connectivity index (χ0v) is 13.9. The molecule has 0 radical (unpaired) electrons. The van der Waals surface area contributed by atoms with Crippen LogP contribution in [0.25, 0.3) is 0 Å². The number of rotatable bonds is 6. The first kappa shape index (κ1) is 16.3. The van der Waals surface area contributed by atoms with Crippen molar-refractivity contribution < 1.29 is 13.2 Å². The molecule has 21 heavy (non-hydrogen) atoms.